The van der Waals surface area contributed by atoms with Crippen LogP contribution in [0, 0.1) is 5.92 Å². The number of ether oxygens (including phenoxy) is 1. The molecule has 2 N–H and O–H groups in total. The lowest BCUT2D eigenvalue weighted by Crippen LogP contribution is -2.48. The fourth-order valence-electron chi connectivity index (χ4n) is 4.87. The van der Waals surface area contributed by atoms with E-state index in [9.17, 15) is 19.5 Å². The van der Waals surface area contributed by atoms with Crippen LogP contribution < -0.4 is 5.32 Å². The summed E-state index contributed by atoms with van der Waals surface area (Å²) in [7, 11) is 0. The first-order valence-corrected chi connectivity index (χ1v) is 12.7. The zero-order valence-corrected chi connectivity index (χ0v) is 20.5. The van der Waals surface area contributed by atoms with Gasteiger partial charge in [0.1, 0.15) is 6.61 Å². The summed E-state index contributed by atoms with van der Waals surface area (Å²) in [6.45, 7) is 0.387. The zero-order chi connectivity index (χ0) is 25.3. The van der Waals surface area contributed by atoms with Gasteiger partial charge in [-0.25, -0.2) is 0 Å². The second-order valence-electron chi connectivity index (χ2n) is 9.56. The number of rotatable bonds is 5. The molecule has 0 unspecified atom stereocenters. The monoisotopic (exact) mass is 490 g/mol. The SMILES string of the molecule is O=C1CCC=CC[C@H](CC(=O)N2Cc3ccccc3C[C@H]2CO)C(=O)N[C@H](Cc2ccccc2)CO1. The Morgan fingerprint density at radius 3 is 2.56 bits per heavy atom. The number of aliphatic hydroxyl groups excluding tert-OH is 1. The van der Waals surface area contributed by atoms with E-state index in [0.29, 0.717) is 32.2 Å². The minimum Gasteiger partial charge on any atom is -0.463 e. The van der Waals surface area contributed by atoms with Crippen LogP contribution in [-0.2, 0) is 38.5 Å². The van der Waals surface area contributed by atoms with Gasteiger partial charge in [0.25, 0.3) is 0 Å². The second kappa shape index (κ2) is 12.5. The summed E-state index contributed by atoms with van der Waals surface area (Å²) in [5.41, 5.74) is 3.24. The quantitative estimate of drug-likeness (QED) is 0.496. The third-order valence-corrected chi connectivity index (χ3v) is 6.90. The molecule has 2 aromatic carbocycles. The lowest BCUT2D eigenvalue weighted by molar-refractivity contribution is -0.145. The van der Waals surface area contributed by atoms with Gasteiger partial charge in [-0.2, -0.15) is 0 Å². The van der Waals surface area contributed by atoms with Crippen molar-refractivity contribution in [1.82, 2.24) is 10.2 Å². The number of amides is 2. The van der Waals surface area contributed by atoms with E-state index in [2.05, 4.69) is 5.32 Å². The van der Waals surface area contributed by atoms with Gasteiger partial charge in [-0.15, -0.1) is 0 Å². The standard InChI is InChI=1S/C29H34N2O5/c32-19-26-16-22-11-7-8-13-24(22)18-31(26)27(33)17-23-12-5-2-6-14-28(34)36-20-25(30-29(23)35)15-21-9-3-1-4-10-21/h1-5,7-11,13,23,25-26,32H,6,12,14-20H2,(H,30,35)/t23-,25-,26+/m1/s1. The predicted molar refractivity (Wildman–Crippen MR) is 136 cm³/mol. The lowest BCUT2D eigenvalue weighted by atomic mass is 9.92. The highest BCUT2D eigenvalue weighted by Gasteiger charge is 2.32. The molecule has 36 heavy (non-hydrogen) atoms. The molecule has 190 valence electrons. The van der Waals surface area contributed by atoms with Crippen molar-refractivity contribution in [3.63, 3.8) is 0 Å². The third kappa shape index (κ3) is 6.82. The van der Waals surface area contributed by atoms with Crippen molar-refractivity contribution in [3.05, 3.63) is 83.4 Å². The summed E-state index contributed by atoms with van der Waals surface area (Å²) in [6.07, 6.45) is 6.10. The van der Waals surface area contributed by atoms with E-state index >= 15 is 0 Å². The number of fused-ring (bicyclic) bond motifs is 1. The molecule has 0 saturated heterocycles. The zero-order valence-electron chi connectivity index (χ0n) is 20.5. The van der Waals surface area contributed by atoms with Crippen LogP contribution in [0.15, 0.2) is 66.7 Å². The van der Waals surface area contributed by atoms with Crippen molar-refractivity contribution in [2.45, 2.75) is 57.2 Å². The summed E-state index contributed by atoms with van der Waals surface area (Å²) in [4.78, 5) is 40.6. The number of benzene rings is 2. The number of cyclic esters (lactones) is 1. The molecule has 0 bridgehead atoms. The summed E-state index contributed by atoms with van der Waals surface area (Å²) >= 11 is 0. The maximum atomic E-state index is 13.4. The minimum absolute atomic E-state index is 0.0483. The van der Waals surface area contributed by atoms with Crippen molar-refractivity contribution < 1.29 is 24.2 Å². The number of esters is 1. The summed E-state index contributed by atoms with van der Waals surface area (Å²) in [5.74, 6) is -1.22. The maximum absolute atomic E-state index is 13.4. The summed E-state index contributed by atoms with van der Waals surface area (Å²) in [5, 5.41) is 13.0. The Bertz CT molecular complexity index is 1080. The van der Waals surface area contributed by atoms with Gasteiger partial charge >= 0.3 is 5.97 Å². The normalized spacial score (nSPS) is 23.0. The first kappa shape index (κ1) is 25.6. The number of hydrogen-bond donors (Lipinski definition) is 2. The Balaban J connectivity index is 1.49. The highest BCUT2D eigenvalue weighted by molar-refractivity contribution is 5.86. The molecule has 0 radical (unpaired) electrons. The molecule has 0 fully saturated rings. The average molecular weight is 491 g/mol. The molecule has 0 spiro atoms. The van der Waals surface area contributed by atoms with E-state index in [4.69, 9.17) is 4.74 Å². The van der Waals surface area contributed by atoms with Gasteiger partial charge in [0.2, 0.25) is 11.8 Å². The van der Waals surface area contributed by atoms with Crippen LogP contribution in [0.4, 0.5) is 0 Å². The maximum Gasteiger partial charge on any atom is 0.306 e. The smallest absolute Gasteiger partial charge is 0.306 e. The van der Waals surface area contributed by atoms with Crippen LogP contribution in [0.3, 0.4) is 0 Å². The van der Waals surface area contributed by atoms with Crippen LogP contribution in [0.25, 0.3) is 0 Å². The van der Waals surface area contributed by atoms with E-state index < -0.39 is 12.0 Å². The van der Waals surface area contributed by atoms with Crippen molar-refractivity contribution in [3.8, 4) is 0 Å². The van der Waals surface area contributed by atoms with Crippen LogP contribution in [0.1, 0.15) is 42.4 Å². The van der Waals surface area contributed by atoms with Gasteiger partial charge in [-0.3, -0.25) is 14.4 Å². The van der Waals surface area contributed by atoms with Crippen LogP contribution in [-0.4, -0.2) is 53.1 Å². The van der Waals surface area contributed by atoms with Crippen molar-refractivity contribution in [2.75, 3.05) is 13.2 Å². The predicted octanol–water partition coefficient (Wildman–Crippen LogP) is 2.95. The fraction of sp³-hybridized carbons (Fsp3) is 0.414. The molecular formula is C29H34N2O5. The van der Waals surface area contributed by atoms with Crippen LogP contribution >= 0.6 is 0 Å². The van der Waals surface area contributed by atoms with Crippen molar-refractivity contribution >= 4 is 17.8 Å². The molecule has 2 aliphatic rings. The van der Waals surface area contributed by atoms with Gasteiger partial charge in [-0.05, 0) is 42.4 Å². The second-order valence-corrected chi connectivity index (χ2v) is 9.56. The molecule has 2 aromatic rings. The van der Waals surface area contributed by atoms with Gasteiger partial charge < -0.3 is 20.1 Å². The molecular weight excluding hydrogens is 456 g/mol. The number of aliphatic hydroxyl groups is 1. The van der Waals surface area contributed by atoms with E-state index in [1.54, 1.807) is 4.90 Å². The molecule has 2 aliphatic heterocycles. The molecule has 0 saturated carbocycles. The Hall–Kier alpha value is -3.45. The molecule has 7 nitrogen and oxygen atoms in total. The van der Waals surface area contributed by atoms with Crippen LogP contribution in [0.2, 0.25) is 0 Å². The highest BCUT2D eigenvalue weighted by atomic mass is 16.5. The summed E-state index contributed by atoms with van der Waals surface area (Å²) < 4.78 is 5.43. The van der Waals surface area contributed by atoms with E-state index in [-0.39, 0.29) is 49.9 Å². The van der Waals surface area contributed by atoms with E-state index in [1.165, 1.54) is 0 Å². The largest absolute Gasteiger partial charge is 0.463 e. The average Bonchev–Trinajstić information content (AvgIpc) is 2.89. The van der Waals surface area contributed by atoms with Gasteiger partial charge in [0.05, 0.1) is 24.6 Å². The molecule has 0 aliphatic carbocycles. The third-order valence-electron chi connectivity index (χ3n) is 6.90. The van der Waals surface area contributed by atoms with E-state index in [1.807, 2.05) is 66.7 Å². The topological polar surface area (TPSA) is 95.9 Å². The lowest BCUT2D eigenvalue weighted by Gasteiger charge is -2.36. The van der Waals surface area contributed by atoms with Crippen molar-refractivity contribution in [1.29, 1.82) is 0 Å². The minimum atomic E-state index is -0.557. The van der Waals surface area contributed by atoms with Gasteiger partial charge in [0, 0.05) is 19.4 Å². The van der Waals surface area contributed by atoms with E-state index in [0.717, 1.165) is 16.7 Å². The molecule has 4 rings (SSSR count). The first-order valence-electron chi connectivity index (χ1n) is 12.7. The Morgan fingerprint density at radius 1 is 1.03 bits per heavy atom. The first-order chi connectivity index (χ1) is 17.5. The number of allylic oxidation sites excluding steroid dienone is 2. The van der Waals surface area contributed by atoms with Crippen molar-refractivity contribution in [2.24, 2.45) is 5.92 Å². The number of nitrogens with one attached hydrogen (secondary N) is 1. The van der Waals surface area contributed by atoms with Crippen LogP contribution in [0.5, 0.6) is 0 Å². The molecule has 2 heterocycles. The number of nitrogens with zero attached hydrogens (tertiary/aromatic N) is 1. The number of carbonyl (C=O) groups is 3. The molecule has 2 amide bonds. The molecule has 0 aromatic heterocycles. The van der Waals surface area contributed by atoms with Gasteiger partial charge in [-0.1, -0.05) is 66.7 Å². The summed E-state index contributed by atoms with van der Waals surface area (Å²) in [6, 6.07) is 17.0. The Labute approximate surface area is 212 Å². The fourth-order valence-corrected chi connectivity index (χ4v) is 4.87. The van der Waals surface area contributed by atoms with Gasteiger partial charge in [0.15, 0.2) is 0 Å². The number of hydrogen-bond acceptors (Lipinski definition) is 5. The molecule has 3 atom stereocenters. The number of carbonyl (C=O) groups excluding carboxylic acids is 3. The highest BCUT2D eigenvalue weighted by Crippen LogP contribution is 2.25. The Kier molecular flexibility index (Phi) is 8.90. The Morgan fingerprint density at radius 2 is 1.78 bits per heavy atom. The molecule has 7 heteroatoms.